The van der Waals surface area contributed by atoms with E-state index in [4.69, 9.17) is 5.73 Å². The summed E-state index contributed by atoms with van der Waals surface area (Å²) in [5, 5.41) is 13.3. The zero-order chi connectivity index (χ0) is 27.2. The van der Waals surface area contributed by atoms with Crippen LogP contribution in [-0.2, 0) is 22.4 Å². The van der Waals surface area contributed by atoms with Gasteiger partial charge in [0.25, 0.3) is 0 Å². The molecule has 8 nitrogen and oxygen atoms in total. The summed E-state index contributed by atoms with van der Waals surface area (Å²) in [5.74, 6) is -3.16. The number of rotatable bonds is 12. The molecule has 0 fully saturated rings. The molecule has 0 saturated carbocycles. The molecule has 0 aliphatic rings. The first-order valence-corrected chi connectivity index (χ1v) is 12.1. The molecule has 0 spiro atoms. The van der Waals surface area contributed by atoms with Gasteiger partial charge in [0.15, 0.2) is 0 Å². The topological polar surface area (TPSA) is 123 Å². The smallest absolute Gasteiger partial charge is 0.250 e. The zero-order valence-electron chi connectivity index (χ0n) is 21.3. The van der Waals surface area contributed by atoms with Gasteiger partial charge in [-0.3, -0.25) is 14.2 Å². The maximum atomic E-state index is 14.2. The Morgan fingerprint density at radius 3 is 2.49 bits per heavy atom. The first kappa shape index (κ1) is 27.9. The molecular weight excluding hydrogens is 480 g/mol. The number of pyridine rings is 1. The van der Waals surface area contributed by atoms with Gasteiger partial charge >= 0.3 is 0 Å². The van der Waals surface area contributed by atoms with Gasteiger partial charge in [-0.1, -0.05) is 0 Å². The summed E-state index contributed by atoms with van der Waals surface area (Å²) >= 11 is 0. The Morgan fingerprint density at radius 2 is 1.86 bits per heavy atom. The van der Waals surface area contributed by atoms with Gasteiger partial charge in [0.1, 0.15) is 11.5 Å². The number of fused-ring (bicyclic) bond motifs is 1. The molecule has 3 aromatic rings. The van der Waals surface area contributed by atoms with Gasteiger partial charge in [-0.2, -0.15) is 4.99 Å². The van der Waals surface area contributed by atoms with Crippen molar-refractivity contribution in [3.8, 4) is 5.69 Å². The predicted octanol–water partition coefficient (Wildman–Crippen LogP) is 3.68. The molecule has 37 heavy (non-hydrogen) atoms. The number of hydrogen-bond acceptors (Lipinski definition) is 4. The van der Waals surface area contributed by atoms with Gasteiger partial charge < -0.3 is 16.2 Å². The molecule has 198 valence electrons. The third kappa shape index (κ3) is 7.91. The normalized spacial score (nSPS) is 12.6. The van der Waals surface area contributed by atoms with Crippen LogP contribution in [-0.4, -0.2) is 50.9 Å². The molecule has 0 aliphatic heterocycles. The fourth-order valence-corrected chi connectivity index (χ4v) is 4.02. The number of benzene rings is 1. The average molecular weight is 514 g/mol. The minimum absolute atomic E-state index is 0.0771. The van der Waals surface area contributed by atoms with Gasteiger partial charge in [-0.15, -0.1) is 0 Å². The first-order valence-electron chi connectivity index (χ1n) is 12.1. The highest BCUT2D eigenvalue weighted by Gasteiger charge is 2.28. The summed E-state index contributed by atoms with van der Waals surface area (Å²) in [7, 11) is 0. The van der Waals surface area contributed by atoms with Crippen LogP contribution in [0.1, 0.15) is 56.9 Å². The minimum atomic E-state index is -2.90. The Bertz CT molecular complexity index is 1280. The number of hydrogen-bond donors (Lipinski definition) is 3. The number of alkyl halides is 2. The lowest BCUT2D eigenvalue weighted by Crippen LogP contribution is -2.24. The van der Waals surface area contributed by atoms with Crippen LogP contribution in [0, 0.1) is 0 Å². The number of nitrogens with zero attached hydrogens (tertiary/aromatic N) is 3. The van der Waals surface area contributed by atoms with Gasteiger partial charge in [-0.25, -0.2) is 13.8 Å². The van der Waals surface area contributed by atoms with E-state index < -0.39 is 17.9 Å². The third-order valence-electron chi connectivity index (χ3n) is 5.96. The molecule has 0 unspecified atom stereocenters. The van der Waals surface area contributed by atoms with E-state index in [-0.39, 0.29) is 31.1 Å². The minimum Gasteiger partial charge on any atom is -0.390 e. The van der Waals surface area contributed by atoms with Gasteiger partial charge in [0, 0.05) is 54.8 Å². The summed E-state index contributed by atoms with van der Waals surface area (Å²) in [6.07, 6.45) is 2.46. The monoisotopic (exact) mass is 513 g/mol. The van der Waals surface area contributed by atoms with Crippen molar-refractivity contribution in [2.75, 3.05) is 6.54 Å². The van der Waals surface area contributed by atoms with Crippen molar-refractivity contribution >= 4 is 29.2 Å². The largest absolute Gasteiger partial charge is 0.390 e. The van der Waals surface area contributed by atoms with Gasteiger partial charge in [0.05, 0.1) is 5.60 Å². The van der Waals surface area contributed by atoms with Crippen molar-refractivity contribution in [3.05, 3.63) is 59.4 Å². The van der Waals surface area contributed by atoms with Gasteiger partial charge in [0.2, 0.25) is 18.2 Å². The molecule has 10 heteroatoms. The first-order chi connectivity index (χ1) is 17.4. The average Bonchev–Trinajstić information content (AvgIpc) is 3.18. The summed E-state index contributed by atoms with van der Waals surface area (Å²) in [4.78, 5) is 29.9. The molecular formula is C27H33F2N5O3. The number of amidine groups is 1. The van der Waals surface area contributed by atoms with Crippen molar-refractivity contribution in [1.29, 1.82) is 0 Å². The molecule has 4 N–H and O–H groups in total. The molecule has 0 atom stereocenters. The van der Waals surface area contributed by atoms with E-state index >= 15 is 0 Å². The fraction of sp³-hybridized carbons (Fsp3) is 0.407. The van der Waals surface area contributed by atoms with Gasteiger partial charge in [-0.05, 0) is 75.1 Å². The number of nitrogens with one attached hydrogen (secondary N) is 1. The summed E-state index contributed by atoms with van der Waals surface area (Å²) in [5.41, 5.74) is 8.69. The second kappa shape index (κ2) is 11.6. The number of halogens is 2. The zero-order valence-corrected chi connectivity index (χ0v) is 21.3. The van der Waals surface area contributed by atoms with E-state index in [0.717, 1.165) is 16.8 Å². The number of aliphatic imine (C=N–C) groups is 1. The molecule has 0 saturated heterocycles. The van der Waals surface area contributed by atoms with E-state index in [0.29, 0.717) is 36.0 Å². The highest BCUT2D eigenvalue weighted by Crippen LogP contribution is 2.29. The standard InChI is InChI=1S/C27H33F2N5O3/c1-18(36)33-24(30)20-4-6-22(7-5-20)34-23(9-10-26(2,3)37)15-21-14-19(16-32-25(21)34)8-11-27(28,29)12-13-31-17-35/h4-7,14-17,37H,8-13H2,1-3H3,(H,31,35)(H2,30,33,36). The summed E-state index contributed by atoms with van der Waals surface area (Å²) in [6, 6.07) is 11.0. The molecule has 2 heterocycles. The molecule has 0 aliphatic carbocycles. The Balaban J connectivity index is 1.93. The maximum Gasteiger partial charge on any atom is 0.250 e. The van der Waals surface area contributed by atoms with E-state index in [1.807, 2.05) is 28.8 Å². The number of aromatic nitrogens is 2. The Morgan fingerprint density at radius 1 is 1.16 bits per heavy atom. The summed E-state index contributed by atoms with van der Waals surface area (Å²) in [6.45, 7) is 4.74. The third-order valence-corrected chi connectivity index (χ3v) is 5.96. The number of carbonyl (C=O) groups is 2. The number of aliphatic hydroxyl groups is 1. The predicted molar refractivity (Wildman–Crippen MR) is 139 cm³/mol. The maximum absolute atomic E-state index is 14.2. The van der Waals surface area contributed by atoms with Crippen molar-refractivity contribution in [2.24, 2.45) is 10.7 Å². The molecule has 3 rings (SSSR count). The van der Waals surface area contributed by atoms with Crippen LogP contribution in [0.4, 0.5) is 8.78 Å². The van der Waals surface area contributed by atoms with E-state index in [9.17, 15) is 23.5 Å². The van der Waals surface area contributed by atoms with Crippen LogP contribution >= 0.6 is 0 Å². The van der Waals surface area contributed by atoms with Crippen LogP contribution in [0.5, 0.6) is 0 Å². The molecule has 2 aromatic heterocycles. The van der Waals surface area contributed by atoms with Crippen LogP contribution in [0.3, 0.4) is 0 Å². The van der Waals surface area contributed by atoms with E-state index in [1.54, 1.807) is 32.2 Å². The highest BCUT2D eigenvalue weighted by atomic mass is 19.3. The van der Waals surface area contributed by atoms with Crippen molar-refractivity contribution in [3.63, 3.8) is 0 Å². The van der Waals surface area contributed by atoms with Crippen molar-refractivity contribution < 1.29 is 23.5 Å². The lowest BCUT2D eigenvalue weighted by atomic mass is 10.0. The van der Waals surface area contributed by atoms with Crippen LogP contribution in [0.2, 0.25) is 0 Å². The Hall–Kier alpha value is -3.66. The number of nitrogens with two attached hydrogens (primary N) is 1. The quantitative estimate of drug-likeness (QED) is 0.148. The molecule has 0 bridgehead atoms. The highest BCUT2D eigenvalue weighted by molar-refractivity contribution is 6.03. The second-order valence-corrected chi connectivity index (χ2v) is 9.78. The molecule has 0 radical (unpaired) electrons. The molecule has 1 aromatic carbocycles. The number of aryl methyl sites for hydroxylation is 2. The Kier molecular flexibility index (Phi) is 8.75. The Labute approximate surface area is 214 Å². The van der Waals surface area contributed by atoms with Crippen molar-refractivity contribution in [1.82, 2.24) is 14.9 Å². The molecule has 2 amide bonds. The van der Waals surface area contributed by atoms with Crippen molar-refractivity contribution in [2.45, 2.75) is 64.4 Å². The van der Waals surface area contributed by atoms with E-state index in [2.05, 4.69) is 15.3 Å². The second-order valence-electron chi connectivity index (χ2n) is 9.78. The lowest BCUT2D eigenvalue weighted by Gasteiger charge is -2.18. The van der Waals surface area contributed by atoms with E-state index in [1.165, 1.54) is 6.92 Å². The lowest BCUT2D eigenvalue weighted by molar-refractivity contribution is -0.115. The number of carbonyl (C=O) groups excluding carboxylic acids is 2. The van der Waals surface area contributed by atoms with Crippen LogP contribution in [0.15, 0.2) is 47.6 Å². The van der Waals surface area contributed by atoms with Crippen LogP contribution < -0.4 is 11.1 Å². The van der Waals surface area contributed by atoms with Crippen LogP contribution in [0.25, 0.3) is 16.7 Å². The fourth-order valence-electron chi connectivity index (χ4n) is 4.02. The summed E-state index contributed by atoms with van der Waals surface area (Å²) < 4.78 is 30.3. The number of amides is 2. The SMILES string of the molecule is CC(=O)N=C(N)c1ccc(-n2c(CCC(C)(C)O)cc3cc(CCC(F)(F)CCNC=O)cnc32)cc1.